The second kappa shape index (κ2) is 8.85. The highest BCUT2D eigenvalue weighted by molar-refractivity contribution is 5.41. The highest BCUT2D eigenvalue weighted by atomic mass is 16.5. The van der Waals surface area contributed by atoms with E-state index < -0.39 is 0 Å². The molecular weight excluding hydrogens is 250 g/mol. The van der Waals surface area contributed by atoms with Crippen LogP contribution in [0.15, 0.2) is 18.2 Å². The maximum absolute atomic E-state index is 9.74. The van der Waals surface area contributed by atoms with Gasteiger partial charge in [-0.25, -0.2) is 0 Å². The normalized spacial score (nSPS) is 11.3. The van der Waals surface area contributed by atoms with Gasteiger partial charge in [-0.1, -0.05) is 25.8 Å². The summed E-state index contributed by atoms with van der Waals surface area (Å²) in [5.41, 5.74) is 1.19. The molecule has 0 spiro atoms. The van der Waals surface area contributed by atoms with Gasteiger partial charge in [0.2, 0.25) is 0 Å². The lowest BCUT2D eigenvalue weighted by molar-refractivity contribution is 0.208. The van der Waals surface area contributed by atoms with Crippen molar-refractivity contribution in [2.24, 2.45) is 0 Å². The van der Waals surface area contributed by atoms with Gasteiger partial charge in [-0.3, -0.25) is 4.90 Å². The van der Waals surface area contributed by atoms with E-state index in [4.69, 9.17) is 4.74 Å². The Hall–Kier alpha value is -1.22. The molecule has 0 amide bonds. The monoisotopic (exact) mass is 279 g/mol. The van der Waals surface area contributed by atoms with Crippen molar-refractivity contribution in [2.75, 3.05) is 13.2 Å². The SMILES string of the molecule is CCCCCN(Cc1ccc(O)c(OCC)c1)C(C)C. The number of hydrogen-bond donors (Lipinski definition) is 1. The zero-order chi connectivity index (χ0) is 15.0. The largest absolute Gasteiger partial charge is 0.504 e. The van der Waals surface area contributed by atoms with Crippen molar-refractivity contribution in [1.82, 2.24) is 4.90 Å². The predicted octanol–water partition coefficient (Wildman–Crippen LogP) is 4.19. The third-order valence-electron chi connectivity index (χ3n) is 3.49. The molecule has 0 aliphatic rings. The van der Waals surface area contributed by atoms with Crippen LogP contribution in [0.1, 0.15) is 52.5 Å². The lowest BCUT2D eigenvalue weighted by atomic mass is 10.1. The summed E-state index contributed by atoms with van der Waals surface area (Å²) in [6, 6.07) is 6.18. The Morgan fingerprint density at radius 3 is 2.55 bits per heavy atom. The van der Waals surface area contributed by atoms with Crippen molar-refractivity contribution < 1.29 is 9.84 Å². The van der Waals surface area contributed by atoms with Crippen LogP contribution in [0.2, 0.25) is 0 Å². The first-order valence-electron chi connectivity index (χ1n) is 7.77. The molecule has 0 saturated carbocycles. The number of unbranched alkanes of at least 4 members (excludes halogenated alkanes) is 2. The van der Waals surface area contributed by atoms with Gasteiger partial charge in [-0.05, 0) is 51.4 Å². The molecule has 0 aromatic heterocycles. The molecule has 1 rings (SSSR count). The van der Waals surface area contributed by atoms with E-state index in [1.807, 2.05) is 19.1 Å². The zero-order valence-electron chi connectivity index (χ0n) is 13.4. The fraction of sp³-hybridized carbons (Fsp3) is 0.647. The highest BCUT2D eigenvalue weighted by Crippen LogP contribution is 2.27. The summed E-state index contributed by atoms with van der Waals surface area (Å²) in [7, 11) is 0. The summed E-state index contributed by atoms with van der Waals surface area (Å²) in [4.78, 5) is 2.47. The predicted molar refractivity (Wildman–Crippen MR) is 84.3 cm³/mol. The second-order valence-electron chi connectivity index (χ2n) is 5.51. The van der Waals surface area contributed by atoms with E-state index in [0.29, 0.717) is 18.4 Å². The van der Waals surface area contributed by atoms with Crippen molar-refractivity contribution in [3.05, 3.63) is 23.8 Å². The zero-order valence-corrected chi connectivity index (χ0v) is 13.4. The van der Waals surface area contributed by atoms with E-state index >= 15 is 0 Å². The molecule has 0 aliphatic carbocycles. The Kier molecular flexibility index (Phi) is 7.45. The Bertz CT molecular complexity index is 391. The summed E-state index contributed by atoms with van der Waals surface area (Å²) in [6.07, 6.45) is 3.77. The van der Waals surface area contributed by atoms with Gasteiger partial charge in [0.05, 0.1) is 6.61 Å². The summed E-state index contributed by atoms with van der Waals surface area (Å²) in [5, 5.41) is 9.74. The third kappa shape index (κ3) is 5.41. The molecule has 20 heavy (non-hydrogen) atoms. The number of hydrogen-bond acceptors (Lipinski definition) is 3. The van der Waals surface area contributed by atoms with Crippen LogP contribution in [0.4, 0.5) is 0 Å². The van der Waals surface area contributed by atoms with Crippen molar-refractivity contribution >= 4 is 0 Å². The number of phenols is 1. The fourth-order valence-electron chi connectivity index (χ4n) is 2.25. The molecule has 0 unspecified atom stereocenters. The minimum atomic E-state index is 0.220. The van der Waals surface area contributed by atoms with Crippen LogP contribution in [0.5, 0.6) is 11.5 Å². The standard InChI is InChI=1S/C17H29NO2/c1-5-7-8-11-18(14(3)4)13-15-9-10-16(19)17(12-15)20-6-2/h9-10,12,14,19H,5-8,11,13H2,1-4H3. The van der Waals surface area contributed by atoms with Crippen LogP contribution in [-0.2, 0) is 6.54 Å². The van der Waals surface area contributed by atoms with Gasteiger partial charge in [0.1, 0.15) is 0 Å². The van der Waals surface area contributed by atoms with Crippen molar-refractivity contribution in [1.29, 1.82) is 0 Å². The number of rotatable bonds is 9. The lowest BCUT2D eigenvalue weighted by Gasteiger charge is -2.26. The summed E-state index contributed by atoms with van der Waals surface area (Å²) < 4.78 is 5.45. The Morgan fingerprint density at radius 1 is 1.20 bits per heavy atom. The average Bonchev–Trinajstić information content (AvgIpc) is 2.41. The number of ether oxygens (including phenoxy) is 1. The molecular formula is C17H29NO2. The van der Waals surface area contributed by atoms with Crippen molar-refractivity contribution in [2.45, 2.75) is 59.5 Å². The molecule has 0 aliphatic heterocycles. The molecule has 1 N–H and O–H groups in total. The number of phenolic OH excluding ortho intramolecular Hbond substituents is 1. The first kappa shape index (κ1) is 16.8. The molecule has 3 nitrogen and oxygen atoms in total. The van der Waals surface area contributed by atoms with Crippen LogP contribution in [-0.4, -0.2) is 29.2 Å². The molecule has 0 heterocycles. The minimum Gasteiger partial charge on any atom is -0.504 e. The maximum atomic E-state index is 9.74. The van der Waals surface area contributed by atoms with Gasteiger partial charge in [-0.2, -0.15) is 0 Å². The second-order valence-corrected chi connectivity index (χ2v) is 5.51. The van der Waals surface area contributed by atoms with Crippen LogP contribution < -0.4 is 4.74 Å². The van der Waals surface area contributed by atoms with Crippen LogP contribution >= 0.6 is 0 Å². The van der Waals surface area contributed by atoms with E-state index in [2.05, 4.69) is 25.7 Å². The smallest absolute Gasteiger partial charge is 0.161 e. The van der Waals surface area contributed by atoms with E-state index in [9.17, 15) is 5.11 Å². The molecule has 0 saturated heterocycles. The van der Waals surface area contributed by atoms with Gasteiger partial charge in [0.25, 0.3) is 0 Å². The quantitative estimate of drug-likeness (QED) is 0.688. The van der Waals surface area contributed by atoms with Crippen LogP contribution in [0, 0.1) is 0 Å². The topological polar surface area (TPSA) is 32.7 Å². The molecule has 0 fully saturated rings. The average molecular weight is 279 g/mol. The van der Waals surface area contributed by atoms with E-state index in [-0.39, 0.29) is 5.75 Å². The minimum absolute atomic E-state index is 0.220. The number of nitrogens with zero attached hydrogens (tertiary/aromatic N) is 1. The number of benzene rings is 1. The molecule has 1 aromatic rings. The van der Waals surface area contributed by atoms with Gasteiger partial charge < -0.3 is 9.84 Å². The van der Waals surface area contributed by atoms with Gasteiger partial charge in [-0.15, -0.1) is 0 Å². The summed E-state index contributed by atoms with van der Waals surface area (Å²) in [6.45, 7) is 11.2. The third-order valence-corrected chi connectivity index (χ3v) is 3.49. The maximum Gasteiger partial charge on any atom is 0.161 e. The van der Waals surface area contributed by atoms with Crippen LogP contribution in [0.25, 0.3) is 0 Å². The van der Waals surface area contributed by atoms with Gasteiger partial charge >= 0.3 is 0 Å². The van der Waals surface area contributed by atoms with Gasteiger partial charge in [0, 0.05) is 12.6 Å². The molecule has 1 aromatic carbocycles. The first-order valence-corrected chi connectivity index (χ1v) is 7.77. The van der Waals surface area contributed by atoms with E-state index in [1.165, 1.54) is 24.8 Å². The highest BCUT2D eigenvalue weighted by Gasteiger charge is 2.11. The van der Waals surface area contributed by atoms with E-state index in [1.54, 1.807) is 6.07 Å². The Morgan fingerprint density at radius 2 is 1.95 bits per heavy atom. The van der Waals surface area contributed by atoms with E-state index in [0.717, 1.165) is 13.1 Å². The van der Waals surface area contributed by atoms with Crippen LogP contribution in [0.3, 0.4) is 0 Å². The summed E-state index contributed by atoms with van der Waals surface area (Å²) in [5.74, 6) is 0.806. The van der Waals surface area contributed by atoms with Gasteiger partial charge in [0.15, 0.2) is 11.5 Å². The van der Waals surface area contributed by atoms with Crippen molar-refractivity contribution in [3.63, 3.8) is 0 Å². The molecule has 3 heteroatoms. The number of aromatic hydroxyl groups is 1. The molecule has 0 radical (unpaired) electrons. The molecule has 0 atom stereocenters. The fourth-order valence-corrected chi connectivity index (χ4v) is 2.25. The molecule has 0 bridgehead atoms. The van der Waals surface area contributed by atoms with Crippen molar-refractivity contribution in [3.8, 4) is 11.5 Å². The summed E-state index contributed by atoms with van der Waals surface area (Å²) >= 11 is 0. The molecule has 114 valence electrons. The Balaban J connectivity index is 2.70. The first-order chi connectivity index (χ1) is 9.58. The lowest BCUT2D eigenvalue weighted by Crippen LogP contribution is -2.31. The Labute approximate surface area is 123 Å².